The molecule has 1 aliphatic rings. The second-order valence-electron chi connectivity index (χ2n) is 5.52. The van der Waals surface area contributed by atoms with E-state index in [9.17, 15) is 27.5 Å². The van der Waals surface area contributed by atoms with Crippen molar-refractivity contribution in [2.75, 3.05) is 12.4 Å². The molecule has 0 spiro atoms. The van der Waals surface area contributed by atoms with Crippen molar-refractivity contribution < 1.29 is 41.5 Å². The summed E-state index contributed by atoms with van der Waals surface area (Å²) in [6.45, 7) is -0.512. The number of hydrogen-bond acceptors (Lipinski definition) is 8. The molecule has 126 valence electrons. The van der Waals surface area contributed by atoms with Crippen molar-refractivity contribution >= 4 is 23.6 Å². The first-order valence-corrected chi connectivity index (χ1v) is 13.6. The molecule has 0 aromatic rings. The van der Waals surface area contributed by atoms with Crippen LogP contribution >= 0.6 is 0 Å². The average molecular weight is 392 g/mol. The molecule has 1 heterocycles. The number of aliphatic hydroxyl groups excluding tert-OH is 3. The molecular formula is C10H21AsO9S. The van der Waals surface area contributed by atoms with Gasteiger partial charge >= 0.3 is 125 Å². The fraction of sp³-hybridized carbons (Fsp3) is 1.00. The zero-order valence-electron chi connectivity index (χ0n) is 11.7. The van der Waals surface area contributed by atoms with Gasteiger partial charge in [0.2, 0.25) is 0 Å². The molecule has 5 atom stereocenters. The van der Waals surface area contributed by atoms with E-state index in [-0.39, 0.29) is 5.21 Å². The normalized spacial score (nSPS) is 32.3. The van der Waals surface area contributed by atoms with Gasteiger partial charge in [-0.25, -0.2) is 0 Å². The van der Waals surface area contributed by atoms with Crippen molar-refractivity contribution in [1.82, 2.24) is 0 Å². The predicted molar refractivity (Wildman–Crippen MR) is 72.0 cm³/mol. The van der Waals surface area contributed by atoms with E-state index < -0.39 is 66.7 Å². The monoisotopic (exact) mass is 392 g/mol. The van der Waals surface area contributed by atoms with Gasteiger partial charge in [-0.2, -0.15) is 0 Å². The van der Waals surface area contributed by atoms with Gasteiger partial charge in [0.25, 0.3) is 0 Å². The predicted octanol–water partition coefficient (Wildman–Crippen LogP) is -1.67. The van der Waals surface area contributed by atoms with Gasteiger partial charge in [0.05, 0.1) is 0 Å². The summed E-state index contributed by atoms with van der Waals surface area (Å²) < 4.78 is 51.7. The minimum absolute atomic E-state index is 0.115. The second-order valence-corrected chi connectivity index (χ2v) is 14.4. The molecule has 0 aromatic heterocycles. The van der Waals surface area contributed by atoms with Gasteiger partial charge in [0, 0.05) is 0 Å². The van der Waals surface area contributed by atoms with Crippen LogP contribution < -0.4 is 0 Å². The van der Waals surface area contributed by atoms with Crippen LogP contribution in [0, 0.1) is 0 Å². The zero-order chi connectivity index (χ0) is 16.4. The molecule has 1 unspecified atom stereocenters. The molecule has 1 saturated heterocycles. The molecule has 0 radical (unpaired) electrons. The third-order valence-electron chi connectivity index (χ3n) is 2.79. The summed E-state index contributed by atoms with van der Waals surface area (Å²) in [6.07, 6.45) is -6.27. The Labute approximate surface area is 125 Å². The Morgan fingerprint density at radius 1 is 1.29 bits per heavy atom. The molecule has 21 heavy (non-hydrogen) atoms. The Morgan fingerprint density at radius 2 is 1.86 bits per heavy atom. The van der Waals surface area contributed by atoms with Crippen LogP contribution in [0.2, 0.25) is 16.6 Å². The van der Waals surface area contributed by atoms with E-state index in [4.69, 9.17) is 14.0 Å². The van der Waals surface area contributed by atoms with Crippen molar-refractivity contribution in [2.24, 2.45) is 0 Å². The third kappa shape index (κ3) is 6.79. The Morgan fingerprint density at radius 3 is 2.33 bits per heavy atom. The fourth-order valence-corrected chi connectivity index (χ4v) is 4.97. The Hall–Kier alpha value is 0.0684. The van der Waals surface area contributed by atoms with Gasteiger partial charge in [-0.05, 0) is 0 Å². The number of hydrogen-bond donors (Lipinski definition) is 4. The quantitative estimate of drug-likeness (QED) is 0.295. The first-order valence-electron chi connectivity index (χ1n) is 6.19. The van der Waals surface area contributed by atoms with Gasteiger partial charge < -0.3 is 0 Å². The zero-order valence-corrected chi connectivity index (χ0v) is 14.4. The summed E-state index contributed by atoms with van der Waals surface area (Å²) in [5, 5.41) is 29.0. The summed E-state index contributed by atoms with van der Waals surface area (Å²) >= 11 is -3.09. The van der Waals surface area contributed by atoms with Crippen LogP contribution in [0.3, 0.4) is 0 Å². The van der Waals surface area contributed by atoms with E-state index in [0.29, 0.717) is 0 Å². The van der Waals surface area contributed by atoms with Crippen molar-refractivity contribution in [3.8, 4) is 0 Å². The number of rotatable bonds is 7. The van der Waals surface area contributed by atoms with Crippen LogP contribution in [-0.2, 0) is 23.3 Å². The van der Waals surface area contributed by atoms with Crippen molar-refractivity contribution in [1.29, 1.82) is 0 Å². The van der Waals surface area contributed by atoms with E-state index >= 15 is 0 Å². The molecule has 0 aliphatic carbocycles. The van der Waals surface area contributed by atoms with Gasteiger partial charge in [-0.15, -0.1) is 0 Å². The van der Waals surface area contributed by atoms with Crippen molar-refractivity contribution in [3.63, 3.8) is 0 Å². The molecule has 1 rings (SSSR count). The first kappa shape index (κ1) is 19.1. The second kappa shape index (κ2) is 7.10. The molecule has 1 fully saturated rings. The van der Waals surface area contributed by atoms with Gasteiger partial charge in [-0.1, -0.05) is 0 Å². The van der Waals surface area contributed by atoms with Crippen LogP contribution in [0.25, 0.3) is 0 Å². The molecule has 0 aromatic carbocycles. The number of ether oxygens (including phenoxy) is 2. The SMILES string of the molecule is C[As](C)(=O)C[C@H]1O[C@@H](OCC(O)CS(=O)(=O)O)[C@H](O)[C@@H]1O. The molecule has 0 amide bonds. The van der Waals surface area contributed by atoms with E-state index in [1.54, 1.807) is 11.4 Å². The molecule has 4 N–H and O–H groups in total. The molecular weight excluding hydrogens is 371 g/mol. The van der Waals surface area contributed by atoms with Gasteiger partial charge in [0.15, 0.2) is 0 Å². The molecule has 9 nitrogen and oxygen atoms in total. The first-order chi connectivity index (χ1) is 9.39. The van der Waals surface area contributed by atoms with E-state index in [1.807, 2.05) is 0 Å². The van der Waals surface area contributed by atoms with Crippen LogP contribution in [0.1, 0.15) is 0 Å². The minimum atomic E-state index is -4.35. The number of aliphatic hydroxyl groups is 3. The molecule has 11 heteroatoms. The summed E-state index contributed by atoms with van der Waals surface area (Å²) in [4.78, 5) is 0. The molecule has 0 bridgehead atoms. The fourth-order valence-electron chi connectivity index (χ4n) is 1.93. The van der Waals surface area contributed by atoms with E-state index in [1.165, 1.54) is 0 Å². The maximum absolute atomic E-state index is 11.8. The maximum atomic E-state index is 11.8. The topological polar surface area (TPSA) is 151 Å². The van der Waals surface area contributed by atoms with Crippen LogP contribution in [0.15, 0.2) is 0 Å². The summed E-state index contributed by atoms with van der Waals surface area (Å²) in [7, 11) is -4.35. The van der Waals surface area contributed by atoms with Crippen molar-refractivity contribution in [3.05, 3.63) is 0 Å². The summed E-state index contributed by atoms with van der Waals surface area (Å²) in [5.41, 5.74) is 3.15. The van der Waals surface area contributed by atoms with Crippen LogP contribution in [0.5, 0.6) is 0 Å². The third-order valence-corrected chi connectivity index (χ3v) is 6.20. The molecule has 1 aliphatic heterocycles. The van der Waals surface area contributed by atoms with Gasteiger partial charge in [0.1, 0.15) is 0 Å². The van der Waals surface area contributed by atoms with E-state index in [0.717, 1.165) is 0 Å². The van der Waals surface area contributed by atoms with Gasteiger partial charge in [-0.3, -0.25) is 0 Å². The Balaban J connectivity index is 2.52. The average Bonchev–Trinajstić information content (AvgIpc) is 2.50. The summed E-state index contributed by atoms with van der Waals surface area (Å²) in [5.74, 6) is -0.913. The van der Waals surface area contributed by atoms with Crippen molar-refractivity contribution in [2.45, 2.75) is 47.3 Å². The Bertz CT molecular complexity index is 487. The summed E-state index contributed by atoms with van der Waals surface area (Å²) in [6, 6.07) is 0. The van der Waals surface area contributed by atoms with Crippen LogP contribution in [0.4, 0.5) is 0 Å². The standard InChI is InChI=1S/C10H21AsO9S/c1-11(2,15)3-7-8(13)9(14)10(20-7)19-4-6(12)5-21(16,17)18/h6-10,12-14H,3-5H2,1-2H3,(H,16,17,18)/t6?,7-,8-,9-,10-/m1/s1. The van der Waals surface area contributed by atoms with Crippen LogP contribution in [-0.4, -0.2) is 84.8 Å². The van der Waals surface area contributed by atoms with E-state index in [2.05, 4.69) is 0 Å². The molecule has 0 saturated carbocycles. The Kier molecular flexibility index (Phi) is 6.46.